The van der Waals surface area contributed by atoms with Gasteiger partial charge in [0.25, 0.3) is 0 Å². The second kappa shape index (κ2) is 5.89. The summed E-state index contributed by atoms with van der Waals surface area (Å²) in [6, 6.07) is 4.97. The Balaban J connectivity index is 2.52. The Kier molecular flexibility index (Phi) is 4.21. The van der Waals surface area contributed by atoms with Crippen LogP contribution in [-0.2, 0) is 11.3 Å². The van der Waals surface area contributed by atoms with E-state index in [1.807, 2.05) is 0 Å². The highest BCUT2D eigenvalue weighted by Crippen LogP contribution is 2.27. The Morgan fingerprint density at radius 1 is 1.45 bits per heavy atom. The zero-order valence-electron chi connectivity index (χ0n) is 10.8. The lowest BCUT2D eigenvalue weighted by Gasteiger charge is -2.08. The van der Waals surface area contributed by atoms with Crippen molar-refractivity contribution in [3.8, 4) is 11.4 Å². The number of aromatic carboxylic acids is 1. The molecule has 7 nitrogen and oxygen atoms in total. The van der Waals surface area contributed by atoms with Crippen molar-refractivity contribution in [2.75, 3.05) is 14.2 Å². The van der Waals surface area contributed by atoms with Crippen LogP contribution in [-0.4, -0.2) is 40.3 Å². The molecule has 0 amide bonds. The molecule has 0 aliphatic carbocycles. The number of methoxy groups -OCH3 is 2. The van der Waals surface area contributed by atoms with Crippen molar-refractivity contribution >= 4 is 17.6 Å². The van der Waals surface area contributed by atoms with E-state index in [9.17, 15) is 4.79 Å². The number of hydrogen-bond acceptors (Lipinski definition) is 5. The van der Waals surface area contributed by atoms with Crippen molar-refractivity contribution in [1.29, 1.82) is 0 Å². The average molecular weight is 298 g/mol. The Morgan fingerprint density at radius 2 is 2.20 bits per heavy atom. The van der Waals surface area contributed by atoms with Crippen LogP contribution < -0.4 is 4.74 Å². The summed E-state index contributed by atoms with van der Waals surface area (Å²) < 4.78 is 11.4. The van der Waals surface area contributed by atoms with E-state index in [0.29, 0.717) is 22.2 Å². The Labute approximate surface area is 119 Å². The van der Waals surface area contributed by atoms with Gasteiger partial charge in [-0.05, 0) is 18.2 Å². The lowest BCUT2D eigenvalue weighted by Crippen LogP contribution is -2.08. The predicted molar refractivity (Wildman–Crippen MR) is 70.6 cm³/mol. The van der Waals surface area contributed by atoms with Crippen molar-refractivity contribution in [3.05, 3.63) is 34.6 Å². The first kappa shape index (κ1) is 14.3. The van der Waals surface area contributed by atoms with Crippen LogP contribution in [0.4, 0.5) is 0 Å². The van der Waals surface area contributed by atoms with Gasteiger partial charge in [-0.15, -0.1) is 5.10 Å². The van der Waals surface area contributed by atoms with Crippen molar-refractivity contribution < 1.29 is 19.4 Å². The monoisotopic (exact) mass is 297 g/mol. The van der Waals surface area contributed by atoms with E-state index in [4.69, 9.17) is 26.2 Å². The highest BCUT2D eigenvalue weighted by molar-refractivity contribution is 6.32. The summed E-state index contributed by atoms with van der Waals surface area (Å²) in [4.78, 5) is 11.1. The van der Waals surface area contributed by atoms with Crippen LogP contribution in [0.2, 0.25) is 5.02 Å². The molecule has 0 saturated heterocycles. The number of halogens is 1. The number of nitrogens with zero attached hydrogens (tertiary/aromatic N) is 3. The quantitative estimate of drug-likeness (QED) is 0.905. The summed E-state index contributed by atoms with van der Waals surface area (Å²) in [6.45, 7) is 0.0677. The topological polar surface area (TPSA) is 86.5 Å². The number of ether oxygens (including phenoxy) is 2. The number of benzene rings is 1. The van der Waals surface area contributed by atoms with Gasteiger partial charge in [-0.25, -0.2) is 9.48 Å². The molecule has 0 aliphatic heterocycles. The molecular weight excluding hydrogens is 286 g/mol. The smallest absolute Gasteiger partial charge is 0.358 e. The van der Waals surface area contributed by atoms with Crippen molar-refractivity contribution in [1.82, 2.24) is 15.0 Å². The summed E-state index contributed by atoms with van der Waals surface area (Å²) in [5.41, 5.74) is 0.753. The Bertz CT molecular complexity index is 642. The molecule has 8 heteroatoms. The van der Waals surface area contributed by atoms with Gasteiger partial charge in [0.2, 0.25) is 0 Å². The van der Waals surface area contributed by atoms with Gasteiger partial charge in [-0.2, -0.15) is 0 Å². The van der Waals surface area contributed by atoms with Gasteiger partial charge in [-0.1, -0.05) is 16.8 Å². The largest absolute Gasteiger partial charge is 0.495 e. The lowest BCUT2D eigenvalue weighted by atomic mass is 10.2. The van der Waals surface area contributed by atoms with Crippen LogP contribution in [0.1, 0.15) is 16.2 Å². The minimum Gasteiger partial charge on any atom is -0.495 e. The molecule has 2 rings (SSSR count). The molecule has 1 N–H and O–H groups in total. The molecule has 0 spiro atoms. The maximum absolute atomic E-state index is 11.1. The number of carbonyl (C=O) groups is 1. The first-order valence-electron chi connectivity index (χ1n) is 5.59. The van der Waals surface area contributed by atoms with Gasteiger partial charge in [0.1, 0.15) is 11.4 Å². The van der Waals surface area contributed by atoms with Gasteiger partial charge in [-0.3, -0.25) is 0 Å². The molecule has 0 fully saturated rings. The van der Waals surface area contributed by atoms with E-state index in [1.54, 1.807) is 18.2 Å². The number of carboxylic acids is 1. The second-order valence-corrected chi connectivity index (χ2v) is 4.26. The van der Waals surface area contributed by atoms with Crippen LogP contribution in [0.15, 0.2) is 18.2 Å². The zero-order valence-corrected chi connectivity index (χ0v) is 11.6. The van der Waals surface area contributed by atoms with E-state index < -0.39 is 5.97 Å². The van der Waals surface area contributed by atoms with E-state index in [-0.39, 0.29) is 12.3 Å². The molecule has 0 atom stereocenters. The zero-order chi connectivity index (χ0) is 14.7. The molecule has 0 radical (unpaired) electrons. The third-order valence-corrected chi connectivity index (χ3v) is 2.92. The van der Waals surface area contributed by atoms with Crippen molar-refractivity contribution in [3.63, 3.8) is 0 Å². The molecule has 106 valence electrons. The molecule has 0 bridgehead atoms. The van der Waals surface area contributed by atoms with Crippen LogP contribution in [0.3, 0.4) is 0 Å². The number of carboxylic acid groups (broad SMARTS) is 1. The first-order valence-corrected chi connectivity index (χ1v) is 5.97. The maximum atomic E-state index is 11.1. The average Bonchev–Trinajstić information content (AvgIpc) is 2.83. The highest BCUT2D eigenvalue weighted by Gasteiger charge is 2.20. The van der Waals surface area contributed by atoms with E-state index in [1.165, 1.54) is 18.9 Å². The fraction of sp³-hybridized carbons (Fsp3) is 0.250. The SMILES string of the molecule is COCc1c(C(=O)O)nnn1-c1ccc(OC)c(Cl)c1. The first-order chi connectivity index (χ1) is 9.58. The molecule has 2 aromatic rings. The van der Waals surface area contributed by atoms with Crippen LogP contribution in [0, 0.1) is 0 Å². The number of aromatic nitrogens is 3. The Morgan fingerprint density at radius 3 is 2.75 bits per heavy atom. The second-order valence-electron chi connectivity index (χ2n) is 3.85. The minimum atomic E-state index is -1.16. The third-order valence-electron chi connectivity index (χ3n) is 2.63. The minimum absolute atomic E-state index is 0.0677. The van der Waals surface area contributed by atoms with Gasteiger partial charge in [0, 0.05) is 7.11 Å². The van der Waals surface area contributed by atoms with Crippen molar-refractivity contribution in [2.24, 2.45) is 0 Å². The van der Waals surface area contributed by atoms with Crippen LogP contribution in [0.5, 0.6) is 5.75 Å². The highest BCUT2D eigenvalue weighted by atomic mass is 35.5. The van der Waals surface area contributed by atoms with Crippen LogP contribution in [0.25, 0.3) is 5.69 Å². The maximum Gasteiger partial charge on any atom is 0.358 e. The molecule has 0 unspecified atom stereocenters. The fourth-order valence-corrected chi connectivity index (χ4v) is 1.98. The molecule has 1 aromatic carbocycles. The van der Waals surface area contributed by atoms with E-state index >= 15 is 0 Å². The molecule has 1 aromatic heterocycles. The van der Waals surface area contributed by atoms with Gasteiger partial charge in [0.15, 0.2) is 5.69 Å². The molecular formula is C12H12ClN3O4. The lowest BCUT2D eigenvalue weighted by molar-refractivity contribution is 0.0685. The summed E-state index contributed by atoms with van der Waals surface area (Å²) in [6.07, 6.45) is 0. The molecule has 20 heavy (non-hydrogen) atoms. The summed E-state index contributed by atoms with van der Waals surface area (Å²) in [5, 5.41) is 16.9. The van der Waals surface area contributed by atoms with Gasteiger partial charge < -0.3 is 14.6 Å². The van der Waals surface area contributed by atoms with Gasteiger partial charge >= 0.3 is 5.97 Å². The standard InChI is InChI=1S/C12H12ClN3O4/c1-19-6-9-11(12(17)18)14-15-16(9)7-3-4-10(20-2)8(13)5-7/h3-5H,6H2,1-2H3,(H,17,18). The normalized spacial score (nSPS) is 10.6. The van der Waals surface area contributed by atoms with Gasteiger partial charge in [0.05, 0.1) is 24.4 Å². The summed E-state index contributed by atoms with van der Waals surface area (Å²) in [5.74, 6) is -0.648. The fourth-order valence-electron chi connectivity index (χ4n) is 1.73. The molecule has 0 aliphatic rings. The number of rotatable bonds is 5. The summed E-state index contributed by atoms with van der Waals surface area (Å²) >= 11 is 6.04. The molecule has 1 heterocycles. The number of hydrogen-bond donors (Lipinski definition) is 1. The third kappa shape index (κ3) is 2.59. The van der Waals surface area contributed by atoms with Crippen molar-refractivity contribution in [2.45, 2.75) is 6.61 Å². The molecule has 0 saturated carbocycles. The van der Waals surface area contributed by atoms with Crippen LogP contribution >= 0.6 is 11.6 Å². The Hall–Kier alpha value is -2.12. The van der Waals surface area contributed by atoms with E-state index in [2.05, 4.69) is 10.3 Å². The van der Waals surface area contributed by atoms with E-state index in [0.717, 1.165) is 0 Å². The summed E-state index contributed by atoms with van der Waals surface area (Å²) in [7, 11) is 2.97. The predicted octanol–water partition coefficient (Wildman–Crippen LogP) is 1.77.